The molecule has 1 fully saturated rings. The van der Waals surface area contributed by atoms with Gasteiger partial charge in [0.25, 0.3) is 0 Å². The maximum Gasteiger partial charge on any atom is 0.321 e. The molecule has 90 valence electrons. The maximum absolute atomic E-state index is 11.5. The van der Waals surface area contributed by atoms with E-state index in [1.807, 2.05) is 0 Å². The molecule has 1 heterocycles. The van der Waals surface area contributed by atoms with Gasteiger partial charge in [0.15, 0.2) is 0 Å². The van der Waals surface area contributed by atoms with Crippen LogP contribution in [-0.2, 0) is 14.4 Å². The van der Waals surface area contributed by atoms with E-state index in [4.69, 9.17) is 10.8 Å². The van der Waals surface area contributed by atoms with Crippen molar-refractivity contribution in [3.05, 3.63) is 0 Å². The van der Waals surface area contributed by atoms with Crippen molar-refractivity contribution in [1.29, 1.82) is 0 Å². The molecule has 6 nitrogen and oxygen atoms in total. The predicted octanol–water partition coefficient (Wildman–Crippen LogP) is -0.720. The van der Waals surface area contributed by atoms with E-state index < -0.39 is 12.0 Å². The van der Waals surface area contributed by atoms with Crippen molar-refractivity contribution in [2.24, 2.45) is 5.73 Å². The fraction of sp³-hybridized carbons (Fsp3) is 0.667. The molecule has 0 radical (unpaired) electrons. The molecule has 0 aromatic carbocycles. The molecule has 1 saturated heterocycles. The molecule has 0 saturated carbocycles. The van der Waals surface area contributed by atoms with E-state index in [9.17, 15) is 14.4 Å². The summed E-state index contributed by atoms with van der Waals surface area (Å²) in [7, 11) is 0. The summed E-state index contributed by atoms with van der Waals surface area (Å²) in [6.45, 7) is 0.475. The van der Waals surface area contributed by atoms with Crippen molar-refractivity contribution in [3.63, 3.8) is 0 Å². The Balaban J connectivity index is 2.25. The van der Waals surface area contributed by atoms with Gasteiger partial charge in [-0.2, -0.15) is 0 Å². The second-order valence-electron chi connectivity index (χ2n) is 3.50. The highest BCUT2D eigenvalue weighted by molar-refractivity contribution is 8.00. The first-order chi connectivity index (χ1) is 7.52. The molecule has 1 aliphatic heterocycles. The molecule has 2 amide bonds. The van der Waals surface area contributed by atoms with Crippen LogP contribution in [0.25, 0.3) is 0 Å². The summed E-state index contributed by atoms with van der Waals surface area (Å²) in [4.78, 5) is 34.3. The molecule has 16 heavy (non-hydrogen) atoms. The molecule has 0 spiro atoms. The number of carboxylic acid groups (broad SMARTS) is 1. The molecule has 1 atom stereocenters. The van der Waals surface area contributed by atoms with Gasteiger partial charge in [0.05, 0.1) is 5.75 Å². The Kier molecular flexibility index (Phi) is 4.75. The van der Waals surface area contributed by atoms with Gasteiger partial charge in [-0.3, -0.25) is 19.3 Å². The highest BCUT2D eigenvalue weighted by Crippen LogP contribution is 2.12. The number of carboxylic acids is 1. The fourth-order valence-electron chi connectivity index (χ4n) is 1.33. The van der Waals surface area contributed by atoms with E-state index >= 15 is 0 Å². The first-order valence-corrected chi connectivity index (χ1v) is 6.07. The fourth-order valence-corrected chi connectivity index (χ4v) is 2.18. The first-order valence-electron chi connectivity index (χ1n) is 4.91. The molecule has 0 aromatic heterocycles. The van der Waals surface area contributed by atoms with E-state index in [1.54, 1.807) is 0 Å². The molecule has 1 unspecified atom stereocenters. The van der Waals surface area contributed by atoms with Gasteiger partial charge in [-0.1, -0.05) is 0 Å². The molecule has 1 rings (SSSR count). The van der Waals surface area contributed by atoms with Crippen LogP contribution in [0.15, 0.2) is 0 Å². The number of likely N-dealkylation sites (tertiary alicyclic amines) is 1. The Bertz CT molecular complexity index is 308. The lowest BCUT2D eigenvalue weighted by Gasteiger charge is -2.13. The van der Waals surface area contributed by atoms with Crippen LogP contribution in [-0.4, -0.2) is 51.9 Å². The number of imide groups is 1. The van der Waals surface area contributed by atoms with Crippen LogP contribution in [0, 0.1) is 0 Å². The quantitative estimate of drug-likeness (QED) is 0.664. The highest BCUT2D eigenvalue weighted by atomic mass is 32.2. The zero-order valence-electron chi connectivity index (χ0n) is 8.72. The van der Waals surface area contributed by atoms with Crippen LogP contribution in [0.3, 0.4) is 0 Å². The minimum atomic E-state index is -1.09. The lowest BCUT2D eigenvalue weighted by Crippen LogP contribution is -2.35. The van der Waals surface area contributed by atoms with Crippen LogP contribution in [0.4, 0.5) is 0 Å². The van der Waals surface area contributed by atoms with Gasteiger partial charge in [0, 0.05) is 18.7 Å². The number of hydrogen-bond donors (Lipinski definition) is 2. The molecule has 1 aliphatic rings. The van der Waals surface area contributed by atoms with Crippen LogP contribution in [0.1, 0.15) is 12.8 Å². The Labute approximate surface area is 97.2 Å². The van der Waals surface area contributed by atoms with E-state index in [0.29, 0.717) is 19.4 Å². The van der Waals surface area contributed by atoms with Gasteiger partial charge < -0.3 is 10.8 Å². The number of carbonyl (C=O) groups excluding carboxylic acids is 2. The number of hydrogen-bond acceptors (Lipinski definition) is 5. The summed E-state index contributed by atoms with van der Waals surface area (Å²) in [5.41, 5.74) is 5.27. The average Bonchev–Trinajstić information content (AvgIpc) is 2.64. The van der Waals surface area contributed by atoms with Crippen molar-refractivity contribution in [2.45, 2.75) is 18.9 Å². The van der Waals surface area contributed by atoms with Crippen molar-refractivity contribution in [1.82, 2.24) is 4.90 Å². The third-order valence-electron chi connectivity index (χ3n) is 2.21. The summed E-state index contributed by atoms with van der Waals surface area (Å²) in [5, 5.41) is 8.51. The van der Waals surface area contributed by atoms with Crippen molar-refractivity contribution >= 4 is 29.5 Å². The molecule has 7 heteroatoms. The third-order valence-corrected chi connectivity index (χ3v) is 3.26. The monoisotopic (exact) mass is 246 g/mol. The SMILES string of the molecule is NC(CSCC(=O)N1CCCC1=O)C(=O)O. The van der Waals surface area contributed by atoms with E-state index in [0.717, 1.165) is 11.8 Å². The van der Waals surface area contributed by atoms with E-state index in [1.165, 1.54) is 4.90 Å². The lowest BCUT2D eigenvalue weighted by atomic mass is 10.4. The van der Waals surface area contributed by atoms with E-state index in [-0.39, 0.29) is 23.3 Å². The smallest absolute Gasteiger partial charge is 0.321 e. The molecular formula is C9H14N2O4S. The number of amides is 2. The lowest BCUT2D eigenvalue weighted by molar-refractivity contribution is -0.140. The van der Waals surface area contributed by atoms with Gasteiger partial charge in [-0.15, -0.1) is 11.8 Å². The number of carbonyl (C=O) groups is 3. The molecule has 3 N–H and O–H groups in total. The van der Waals surface area contributed by atoms with Crippen LogP contribution in [0.5, 0.6) is 0 Å². The first kappa shape index (κ1) is 13.0. The Morgan fingerprint density at radius 1 is 1.56 bits per heavy atom. The van der Waals surface area contributed by atoms with Crippen molar-refractivity contribution in [3.8, 4) is 0 Å². The van der Waals surface area contributed by atoms with Crippen LogP contribution in [0.2, 0.25) is 0 Å². The van der Waals surface area contributed by atoms with Gasteiger partial charge in [-0.05, 0) is 6.42 Å². The summed E-state index contributed by atoms with van der Waals surface area (Å²) >= 11 is 1.14. The number of aliphatic carboxylic acids is 1. The van der Waals surface area contributed by atoms with Gasteiger partial charge in [0.2, 0.25) is 11.8 Å². The standard InChI is InChI=1S/C9H14N2O4S/c10-6(9(14)15)4-16-5-8(13)11-3-1-2-7(11)12/h6H,1-5,10H2,(H,14,15). The zero-order valence-corrected chi connectivity index (χ0v) is 9.53. The molecule has 0 aromatic rings. The Hall–Kier alpha value is -1.08. The normalized spacial score (nSPS) is 17.6. The third kappa shape index (κ3) is 3.49. The maximum atomic E-state index is 11.5. The molecule has 0 bridgehead atoms. The Morgan fingerprint density at radius 3 is 2.75 bits per heavy atom. The second-order valence-corrected chi connectivity index (χ2v) is 4.53. The summed E-state index contributed by atoms with van der Waals surface area (Å²) in [6.07, 6.45) is 1.13. The number of rotatable bonds is 5. The van der Waals surface area contributed by atoms with Gasteiger partial charge in [-0.25, -0.2) is 0 Å². The second kappa shape index (κ2) is 5.86. The number of nitrogens with zero attached hydrogens (tertiary/aromatic N) is 1. The minimum absolute atomic E-state index is 0.104. The summed E-state index contributed by atoms with van der Waals surface area (Å²) in [6, 6.07) is -0.966. The number of thioether (sulfide) groups is 1. The highest BCUT2D eigenvalue weighted by Gasteiger charge is 2.26. The van der Waals surface area contributed by atoms with Gasteiger partial charge in [0.1, 0.15) is 6.04 Å². The average molecular weight is 246 g/mol. The van der Waals surface area contributed by atoms with Gasteiger partial charge >= 0.3 is 5.97 Å². The van der Waals surface area contributed by atoms with Crippen LogP contribution < -0.4 is 5.73 Å². The minimum Gasteiger partial charge on any atom is -0.480 e. The summed E-state index contributed by atoms with van der Waals surface area (Å²) < 4.78 is 0. The van der Waals surface area contributed by atoms with E-state index in [2.05, 4.69) is 0 Å². The molecular weight excluding hydrogens is 232 g/mol. The number of nitrogens with two attached hydrogens (primary N) is 1. The largest absolute Gasteiger partial charge is 0.480 e. The topological polar surface area (TPSA) is 101 Å². The molecule has 0 aliphatic carbocycles. The zero-order chi connectivity index (χ0) is 12.1. The predicted molar refractivity (Wildman–Crippen MR) is 58.9 cm³/mol. The van der Waals surface area contributed by atoms with Crippen molar-refractivity contribution < 1.29 is 19.5 Å². The Morgan fingerprint density at radius 2 is 2.25 bits per heavy atom. The van der Waals surface area contributed by atoms with Crippen LogP contribution >= 0.6 is 11.8 Å². The summed E-state index contributed by atoms with van der Waals surface area (Å²) in [5.74, 6) is -1.22. The van der Waals surface area contributed by atoms with Crippen molar-refractivity contribution in [2.75, 3.05) is 18.1 Å².